The van der Waals surface area contributed by atoms with Crippen molar-refractivity contribution >= 4 is 21.8 Å². The Hall–Kier alpha value is -0.670. The van der Waals surface area contributed by atoms with Gasteiger partial charge in [0.15, 0.2) is 0 Å². The van der Waals surface area contributed by atoms with E-state index in [0.29, 0.717) is 17.5 Å². The van der Waals surface area contributed by atoms with Crippen molar-refractivity contribution in [2.45, 2.75) is 5.16 Å². The molecule has 74 valence electrons. The molecule has 7 nitrogen and oxygen atoms in total. The third-order valence-corrected chi connectivity index (χ3v) is 2.59. The largest absolute Gasteiger partial charge is 0.230 e. The van der Waals surface area contributed by atoms with Gasteiger partial charge in [-0.1, -0.05) is 11.8 Å². The Morgan fingerprint density at radius 2 is 2.38 bits per heavy atom. The zero-order chi connectivity index (χ0) is 9.73. The first-order chi connectivity index (χ1) is 6.08. The number of aromatic nitrogens is 4. The molecule has 13 heavy (non-hydrogen) atoms. The summed E-state index contributed by atoms with van der Waals surface area (Å²) in [4.78, 5) is 0. The molecule has 0 radical (unpaired) electrons. The minimum Gasteiger partial charge on any atom is -0.215 e. The van der Waals surface area contributed by atoms with Crippen LogP contribution in [0.15, 0.2) is 5.16 Å². The Bertz CT molecular complexity index is 333. The van der Waals surface area contributed by atoms with Crippen LogP contribution in [0.3, 0.4) is 0 Å². The van der Waals surface area contributed by atoms with Gasteiger partial charge in [-0.05, 0) is 5.21 Å². The number of tetrazole rings is 1. The molecule has 0 saturated heterocycles. The predicted octanol–water partition coefficient (Wildman–Crippen LogP) is -1.16. The molecule has 0 aromatic carbocycles. The van der Waals surface area contributed by atoms with Crippen molar-refractivity contribution in [3.63, 3.8) is 0 Å². The fraction of sp³-hybridized carbons (Fsp3) is 0.750. The molecule has 0 amide bonds. The van der Waals surface area contributed by atoms with Crippen LogP contribution in [0.2, 0.25) is 0 Å². The number of hydrogen-bond acceptors (Lipinski definition) is 6. The van der Waals surface area contributed by atoms with Crippen molar-refractivity contribution in [3.05, 3.63) is 0 Å². The number of aromatic amines is 1. The number of nitrogens with one attached hydrogen (secondary N) is 2. The fourth-order valence-electron chi connectivity index (χ4n) is 0.583. The molecular formula is C4H9N5O2S2. The van der Waals surface area contributed by atoms with E-state index in [1.807, 2.05) is 0 Å². The molecule has 2 N–H and O–H groups in total. The van der Waals surface area contributed by atoms with E-state index in [4.69, 9.17) is 0 Å². The summed E-state index contributed by atoms with van der Waals surface area (Å²) >= 11 is 1.32. The monoisotopic (exact) mass is 223 g/mol. The summed E-state index contributed by atoms with van der Waals surface area (Å²) < 4.78 is 23.6. The van der Waals surface area contributed by atoms with Gasteiger partial charge in [0.05, 0.1) is 6.26 Å². The summed E-state index contributed by atoms with van der Waals surface area (Å²) in [5.41, 5.74) is 0. The summed E-state index contributed by atoms with van der Waals surface area (Å²) in [6.07, 6.45) is 1.12. The van der Waals surface area contributed by atoms with Crippen LogP contribution in [0.1, 0.15) is 0 Å². The number of rotatable bonds is 5. The van der Waals surface area contributed by atoms with Crippen molar-refractivity contribution in [2.75, 3.05) is 18.6 Å². The molecular weight excluding hydrogens is 214 g/mol. The standard InChI is InChI=1S/C4H9N5O2S2/c1-13(10,11)5-2-3-12-4-6-8-9-7-4/h5H,2-3H2,1H3,(H,6,7,8,9). The highest BCUT2D eigenvalue weighted by Gasteiger charge is 2.01. The van der Waals surface area contributed by atoms with Gasteiger partial charge in [0.2, 0.25) is 15.2 Å². The number of sulfonamides is 1. The maximum absolute atomic E-state index is 10.6. The van der Waals surface area contributed by atoms with E-state index in [1.54, 1.807) is 0 Å². The zero-order valence-electron chi connectivity index (χ0n) is 6.89. The highest BCUT2D eigenvalue weighted by Crippen LogP contribution is 2.07. The quantitative estimate of drug-likeness (QED) is 0.482. The van der Waals surface area contributed by atoms with Gasteiger partial charge in [0.25, 0.3) is 0 Å². The van der Waals surface area contributed by atoms with E-state index in [0.717, 1.165) is 6.26 Å². The van der Waals surface area contributed by atoms with E-state index < -0.39 is 10.0 Å². The predicted molar refractivity (Wildman–Crippen MR) is 47.7 cm³/mol. The lowest BCUT2D eigenvalue weighted by Crippen LogP contribution is -2.24. The van der Waals surface area contributed by atoms with Crippen molar-refractivity contribution in [2.24, 2.45) is 0 Å². The number of thioether (sulfide) groups is 1. The topological polar surface area (TPSA) is 101 Å². The SMILES string of the molecule is CS(=O)(=O)NCCSc1nn[nH]n1. The van der Waals surface area contributed by atoms with Gasteiger partial charge in [-0.3, -0.25) is 0 Å². The zero-order valence-corrected chi connectivity index (χ0v) is 8.52. The van der Waals surface area contributed by atoms with Crippen LogP contribution in [0.5, 0.6) is 0 Å². The lowest BCUT2D eigenvalue weighted by Gasteiger charge is -1.98. The highest BCUT2D eigenvalue weighted by atomic mass is 32.2. The van der Waals surface area contributed by atoms with Gasteiger partial charge in [-0.15, -0.1) is 10.2 Å². The molecule has 1 heterocycles. The average Bonchev–Trinajstić information content (AvgIpc) is 2.48. The third kappa shape index (κ3) is 4.80. The van der Waals surface area contributed by atoms with Crippen LogP contribution in [-0.4, -0.2) is 47.6 Å². The molecule has 0 aliphatic rings. The van der Waals surface area contributed by atoms with Crippen LogP contribution in [0.25, 0.3) is 0 Å². The summed E-state index contributed by atoms with van der Waals surface area (Å²) in [7, 11) is -3.09. The second-order valence-electron chi connectivity index (χ2n) is 2.21. The van der Waals surface area contributed by atoms with E-state index in [-0.39, 0.29) is 0 Å². The van der Waals surface area contributed by atoms with Crippen LogP contribution in [-0.2, 0) is 10.0 Å². The Kier molecular flexibility index (Phi) is 3.63. The Morgan fingerprint density at radius 3 is 2.92 bits per heavy atom. The minimum atomic E-state index is -3.09. The van der Waals surface area contributed by atoms with Gasteiger partial charge in [0, 0.05) is 12.3 Å². The molecule has 0 fully saturated rings. The maximum atomic E-state index is 10.6. The third-order valence-electron chi connectivity index (χ3n) is 1.02. The van der Waals surface area contributed by atoms with Crippen molar-refractivity contribution in [1.82, 2.24) is 25.3 Å². The van der Waals surface area contributed by atoms with Gasteiger partial charge >= 0.3 is 0 Å². The Balaban J connectivity index is 2.16. The summed E-state index contributed by atoms with van der Waals surface area (Å²) in [5, 5.41) is 13.5. The molecule has 1 rings (SSSR count). The lowest BCUT2D eigenvalue weighted by molar-refractivity contribution is 0.590. The lowest BCUT2D eigenvalue weighted by atomic mass is 10.8. The highest BCUT2D eigenvalue weighted by molar-refractivity contribution is 7.99. The number of H-pyrrole nitrogens is 1. The molecule has 0 unspecified atom stereocenters. The molecule has 0 atom stereocenters. The summed E-state index contributed by atoms with van der Waals surface area (Å²) in [6, 6.07) is 0. The van der Waals surface area contributed by atoms with E-state index in [2.05, 4.69) is 25.3 Å². The Labute approximate surface area is 79.7 Å². The van der Waals surface area contributed by atoms with Gasteiger partial charge in [-0.25, -0.2) is 13.1 Å². The smallest absolute Gasteiger partial charge is 0.215 e. The molecule has 0 saturated carbocycles. The van der Waals surface area contributed by atoms with Crippen molar-refractivity contribution in [3.8, 4) is 0 Å². The minimum absolute atomic E-state index is 0.359. The molecule has 0 aliphatic heterocycles. The van der Waals surface area contributed by atoms with E-state index >= 15 is 0 Å². The van der Waals surface area contributed by atoms with Gasteiger partial charge in [-0.2, -0.15) is 5.21 Å². The number of hydrogen-bond donors (Lipinski definition) is 2. The van der Waals surface area contributed by atoms with E-state index in [9.17, 15) is 8.42 Å². The fourth-order valence-corrected chi connectivity index (χ4v) is 1.78. The first-order valence-electron chi connectivity index (χ1n) is 3.39. The molecule has 9 heteroatoms. The normalized spacial score (nSPS) is 11.8. The maximum Gasteiger partial charge on any atom is 0.230 e. The second-order valence-corrected chi connectivity index (χ2v) is 5.10. The van der Waals surface area contributed by atoms with Gasteiger partial charge in [0.1, 0.15) is 0 Å². The van der Waals surface area contributed by atoms with Crippen LogP contribution in [0.4, 0.5) is 0 Å². The molecule has 0 bridgehead atoms. The summed E-state index contributed by atoms with van der Waals surface area (Å²) in [6.45, 7) is 0.359. The molecule has 0 aliphatic carbocycles. The Morgan fingerprint density at radius 1 is 1.62 bits per heavy atom. The molecule has 1 aromatic rings. The van der Waals surface area contributed by atoms with E-state index in [1.165, 1.54) is 11.8 Å². The van der Waals surface area contributed by atoms with Crippen molar-refractivity contribution in [1.29, 1.82) is 0 Å². The van der Waals surface area contributed by atoms with Gasteiger partial charge < -0.3 is 0 Å². The number of nitrogens with zero attached hydrogens (tertiary/aromatic N) is 3. The first kappa shape index (κ1) is 10.4. The van der Waals surface area contributed by atoms with Crippen molar-refractivity contribution < 1.29 is 8.42 Å². The summed E-state index contributed by atoms with van der Waals surface area (Å²) in [5.74, 6) is 0.576. The first-order valence-corrected chi connectivity index (χ1v) is 6.26. The van der Waals surface area contributed by atoms with Crippen LogP contribution >= 0.6 is 11.8 Å². The molecule has 0 spiro atoms. The van der Waals surface area contributed by atoms with Crippen LogP contribution in [0, 0.1) is 0 Å². The molecule has 1 aromatic heterocycles. The second kappa shape index (κ2) is 4.53. The van der Waals surface area contributed by atoms with Crippen LogP contribution < -0.4 is 4.72 Å². The average molecular weight is 223 g/mol.